The van der Waals surface area contributed by atoms with Crippen LogP contribution in [0.5, 0.6) is 5.75 Å². The smallest absolute Gasteiger partial charge is 0.419 e. The number of para-hydroxylation sites is 1. The Hall–Kier alpha value is -2.58. The summed E-state index contributed by atoms with van der Waals surface area (Å²) >= 11 is 0. The first-order valence-electron chi connectivity index (χ1n) is 6.21. The van der Waals surface area contributed by atoms with Gasteiger partial charge in [-0.15, -0.1) is 0 Å². The van der Waals surface area contributed by atoms with Gasteiger partial charge in [0.2, 0.25) is 0 Å². The Morgan fingerprint density at radius 1 is 1.36 bits per heavy atom. The fraction of sp³-hybridized carbons (Fsp3) is 0.308. The van der Waals surface area contributed by atoms with E-state index in [1.807, 2.05) is 0 Å². The number of hydrogen-bond acceptors (Lipinski definition) is 5. The first-order valence-corrected chi connectivity index (χ1v) is 6.21. The van der Waals surface area contributed by atoms with Crippen molar-refractivity contribution in [2.75, 3.05) is 5.32 Å². The van der Waals surface area contributed by atoms with Gasteiger partial charge in [-0.2, -0.15) is 18.2 Å². The quantitative estimate of drug-likeness (QED) is 0.938. The zero-order valence-electron chi connectivity index (χ0n) is 11.6. The monoisotopic (exact) mass is 315 g/mol. The molecule has 1 aromatic heterocycles. The summed E-state index contributed by atoms with van der Waals surface area (Å²) in [6.07, 6.45) is -5.76. The number of amides is 1. The summed E-state index contributed by atoms with van der Waals surface area (Å²) in [4.78, 5) is 15.6. The number of carbonyl (C=O) groups is 1. The zero-order chi connectivity index (χ0) is 16.3. The highest BCUT2D eigenvalue weighted by Crippen LogP contribution is 2.36. The van der Waals surface area contributed by atoms with E-state index in [-0.39, 0.29) is 6.01 Å². The summed E-state index contributed by atoms with van der Waals surface area (Å²) in [5.74, 6) is -0.828. The molecule has 0 saturated heterocycles. The van der Waals surface area contributed by atoms with Crippen LogP contribution >= 0.6 is 0 Å². The molecule has 0 aliphatic rings. The summed E-state index contributed by atoms with van der Waals surface area (Å²) in [5.41, 5.74) is -0.955. The van der Waals surface area contributed by atoms with Crippen LogP contribution in [0.1, 0.15) is 18.3 Å². The van der Waals surface area contributed by atoms with Crippen molar-refractivity contribution in [1.82, 2.24) is 10.1 Å². The van der Waals surface area contributed by atoms with Crippen LogP contribution in [0.4, 0.5) is 19.2 Å². The fourth-order valence-corrected chi connectivity index (χ4v) is 1.60. The summed E-state index contributed by atoms with van der Waals surface area (Å²) in [5, 5.41) is 5.72. The molecule has 6 nitrogen and oxygen atoms in total. The minimum atomic E-state index is -4.57. The number of aryl methyl sites for hydroxylation is 1. The molecular weight excluding hydrogens is 303 g/mol. The molecule has 22 heavy (non-hydrogen) atoms. The maximum Gasteiger partial charge on any atom is 0.419 e. The van der Waals surface area contributed by atoms with Gasteiger partial charge in [-0.3, -0.25) is 10.1 Å². The topological polar surface area (TPSA) is 77.2 Å². The van der Waals surface area contributed by atoms with E-state index in [2.05, 4.69) is 20.0 Å². The van der Waals surface area contributed by atoms with E-state index in [9.17, 15) is 18.0 Å². The standard InChI is InChI=1S/C13H12F3N3O3/c1-7(11(20)18-12-17-8(2)19-22-12)21-10-6-4-3-5-9(10)13(14,15)16/h3-7H,1-2H3,(H,17,18,19,20). The van der Waals surface area contributed by atoms with Crippen molar-refractivity contribution < 1.29 is 27.2 Å². The number of hydrogen-bond donors (Lipinski definition) is 1. The van der Waals surface area contributed by atoms with Gasteiger partial charge in [0.1, 0.15) is 5.75 Å². The van der Waals surface area contributed by atoms with Gasteiger partial charge in [0.05, 0.1) is 5.56 Å². The molecule has 118 valence electrons. The molecule has 9 heteroatoms. The van der Waals surface area contributed by atoms with Crippen LogP contribution < -0.4 is 10.1 Å². The predicted octanol–water partition coefficient (Wildman–Crippen LogP) is 2.80. The number of alkyl halides is 3. The van der Waals surface area contributed by atoms with Crippen molar-refractivity contribution in [3.8, 4) is 5.75 Å². The molecule has 0 aliphatic heterocycles. The number of rotatable bonds is 4. The molecule has 1 aromatic carbocycles. The summed E-state index contributed by atoms with van der Waals surface area (Å²) < 4.78 is 48.3. The molecule has 1 heterocycles. The van der Waals surface area contributed by atoms with Crippen molar-refractivity contribution in [3.05, 3.63) is 35.7 Å². The number of anilines is 1. The zero-order valence-corrected chi connectivity index (χ0v) is 11.6. The van der Waals surface area contributed by atoms with Gasteiger partial charge in [-0.25, -0.2) is 0 Å². The van der Waals surface area contributed by atoms with E-state index < -0.39 is 29.5 Å². The van der Waals surface area contributed by atoms with Gasteiger partial charge in [-0.1, -0.05) is 17.3 Å². The van der Waals surface area contributed by atoms with E-state index in [1.165, 1.54) is 19.1 Å². The molecule has 1 amide bonds. The second kappa shape index (κ2) is 6.04. The number of halogens is 3. The third kappa shape index (κ3) is 3.74. The summed E-state index contributed by atoms with van der Waals surface area (Å²) in [6.45, 7) is 2.87. The second-order valence-corrected chi connectivity index (χ2v) is 4.39. The minimum Gasteiger partial charge on any atom is -0.480 e. The highest BCUT2D eigenvalue weighted by molar-refractivity contribution is 5.92. The largest absolute Gasteiger partial charge is 0.480 e. The molecule has 0 aliphatic carbocycles. The SMILES string of the molecule is Cc1noc(NC(=O)C(C)Oc2ccccc2C(F)(F)F)n1. The van der Waals surface area contributed by atoms with Crippen LogP contribution in [0.25, 0.3) is 0 Å². The van der Waals surface area contributed by atoms with Crippen molar-refractivity contribution in [2.24, 2.45) is 0 Å². The number of nitrogens with one attached hydrogen (secondary N) is 1. The normalized spacial score (nSPS) is 12.8. The molecule has 0 fully saturated rings. The number of nitrogens with zero attached hydrogens (tertiary/aromatic N) is 2. The van der Waals surface area contributed by atoms with Gasteiger partial charge in [0.25, 0.3) is 5.91 Å². The molecule has 2 aromatic rings. The van der Waals surface area contributed by atoms with E-state index in [1.54, 1.807) is 6.92 Å². The lowest BCUT2D eigenvalue weighted by molar-refractivity contribution is -0.140. The lowest BCUT2D eigenvalue weighted by Crippen LogP contribution is -2.31. The van der Waals surface area contributed by atoms with E-state index >= 15 is 0 Å². The molecule has 0 spiro atoms. The first kappa shape index (κ1) is 15.8. The van der Waals surface area contributed by atoms with E-state index in [0.29, 0.717) is 5.82 Å². The van der Waals surface area contributed by atoms with Crippen LogP contribution in [0.15, 0.2) is 28.8 Å². The third-order valence-corrected chi connectivity index (χ3v) is 2.62. The molecule has 0 bridgehead atoms. The van der Waals surface area contributed by atoms with Crippen molar-refractivity contribution >= 4 is 11.9 Å². The molecular formula is C13H12F3N3O3. The highest BCUT2D eigenvalue weighted by atomic mass is 19.4. The molecule has 2 rings (SSSR count). The second-order valence-electron chi connectivity index (χ2n) is 4.39. The van der Waals surface area contributed by atoms with Crippen molar-refractivity contribution in [2.45, 2.75) is 26.1 Å². The number of aromatic nitrogens is 2. The van der Waals surface area contributed by atoms with Gasteiger partial charge < -0.3 is 9.26 Å². The van der Waals surface area contributed by atoms with Crippen LogP contribution in [0.3, 0.4) is 0 Å². The molecule has 1 unspecified atom stereocenters. The van der Waals surface area contributed by atoms with Crippen molar-refractivity contribution in [1.29, 1.82) is 0 Å². The van der Waals surface area contributed by atoms with E-state index in [4.69, 9.17) is 4.74 Å². The third-order valence-electron chi connectivity index (χ3n) is 2.62. The van der Waals surface area contributed by atoms with Crippen LogP contribution in [0, 0.1) is 6.92 Å². The minimum absolute atomic E-state index is 0.151. The molecule has 1 N–H and O–H groups in total. The molecule has 0 radical (unpaired) electrons. The molecule has 0 saturated carbocycles. The average molecular weight is 315 g/mol. The predicted molar refractivity (Wildman–Crippen MR) is 69.2 cm³/mol. The first-order chi connectivity index (χ1) is 10.3. The van der Waals surface area contributed by atoms with Gasteiger partial charge in [0.15, 0.2) is 11.9 Å². The van der Waals surface area contributed by atoms with Gasteiger partial charge in [-0.05, 0) is 26.0 Å². The maximum atomic E-state index is 12.8. The Kier molecular flexibility index (Phi) is 4.34. The maximum absolute atomic E-state index is 12.8. The Labute approximate surface area is 123 Å². The summed E-state index contributed by atoms with van der Waals surface area (Å²) in [6, 6.07) is 4.49. The Morgan fingerprint density at radius 2 is 2.05 bits per heavy atom. The van der Waals surface area contributed by atoms with Crippen molar-refractivity contribution in [3.63, 3.8) is 0 Å². The lowest BCUT2D eigenvalue weighted by atomic mass is 10.2. The highest BCUT2D eigenvalue weighted by Gasteiger charge is 2.34. The number of benzene rings is 1. The van der Waals surface area contributed by atoms with Crippen LogP contribution in [-0.4, -0.2) is 22.2 Å². The lowest BCUT2D eigenvalue weighted by Gasteiger charge is -2.17. The Bertz CT molecular complexity index is 670. The fourth-order valence-electron chi connectivity index (χ4n) is 1.60. The summed E-state index contributed by atoms with van der Waals surface area (Å²) in [7, 11) is 0. The number of ether oxygens (including phenoxy) is 1. The Morgan fingerprint density at radius 3 is 2.64 bits per heavy atom. The van der Waals surface area contributed by atoms with Crippen LogP contribution in [0.2, 0.25) is 0 Å². The average Bonchev–Trinajstić information content (AvgIpc) is 2.83. The van der Waals surface area contributed by atoms with Gasteiger partial charge in [0, 0.05) is 0 Å². The van der Waals surface area contributed by atoms with Gasteiger partial charge >= 0.3 is 12.2 Å². The van der Waals surface area contributed by atoms with E-state index in [0.717, 1.165) is 12.1 Å². The van der Waals surface area contributed by atoms with Crippen LogP contribution in [-0.2, 0) is 11.0 Å². The number of carbonyl (C=O) groups excluding carboxylic acids is 1. The molecule has 1 atom stereocenters. The Balaban J connectivity index is 2.09.